The average molecular weight is 421 g/mol. The third-order valence-electron chi connectivity index (χ3n) is 4.85. The SMILES string of the molecule is O=C(Nc1ccc2nc(N3CCOCC3)sc2c1)c1nn(-c2ccccc2)cc1O. The van der Waals surface area contributed by atoms with Gasteiger partial charge in [-0.2, -0.15) is 5.10 Å². The van der Waals surface area contributed by atoms with Gasteiger partial charge in [0.15, 0.2) is 16.6 Å². The quantitative estimate of drug-likeness (QED) is 0.525. The topological polar surface area (TPSA) is 92.5 Å². The number of carbonyl (C=O) groups is 1. The van der Waals surface area contributed by atoms with Gasteiger partial charge in [-0.05, 0) is 30.3 Å². The predicted octanol–water partition coefficient (Wildman–Crippen LogP) is 3.28. The molecule has 0 atom stereocenters. The molecule has 5 rings (SSSR count). The lowest BCUT2D eigenvalue weighted by molar-refractivity contribution is 0.101. The van der Waals surface area contributed by atoms with Crippen LogP contribution in [-0.4, -0.2) is 52.1 Å². The number of thiazole rings is 1. The number of morpholine rings is 1. The Morgan fingerprint density at radius 1 is 1.13 bits per heavy atom. The van der Waals surface area contributed by atoms with Gasteiger partial charge in [-0.3, -0.25) is 4.79 Å². The predicted molar refractivity (Wildman–Crippen MR) is 116 cm³/mol. The van der Waals surface area contributed by atoms with Gasteiger partial charge in [0.1, 0.15) is 0 Å². The second-order valence-corrected chi connectivity index (χ2v) is 7.88. The van der Waals surface area contributed by atoms with E-state index in [9.17, 15) is 9.90 Å². The molecular weight excluding hydrogens is 402 g/mol. The Hall–Kier alpha value is -3.43. The molecule has 30 heavy (non-hydrogen) atoms. The van der Waals surface area contributed by atoms with Crippen LogP contribution in [0.5, 0.6) is 5.75 Å². The number of nitrogens with zero attached hydrogens (tertiary/aromatic N) is 4. The monoisotopic (exact) mass is 421 g/mol. The number of hydrogen-bond donors (Lipinski definition) is 2. The molecular formula is C21H19N5O3S. The number of rotatable bonds is 4. The molecule has 8 nitrogen and oxygen atoms in total. The molecule has 4 aromatic rings. The first-order valence-corrected chi connectivity index (χ1v) is 10.4. The van der Waals surface area contributed by atoms with Crippen molar-refractivity contribution in [2.75, 3.05) is 36.5 Å². The third-order valence-corrected chi connectivity index (χ3v) is 5.93. The summed E-state index contributed by atoms with van der Waals surface area (Å²) in [5.74, 6) is -0.649. The van der Waals surface area contributed by atoms with Crippen LogP contribution < -0.4 is 10.2 Å². The third kappa shape index (κ3) is 3.60. The Bertz CT molecular complexity index is 1200. The van der Waals surface area contributed by atoms with Gasteiger partial charge in [-0.15, -0.1) is 0 Å². The molecule has 2 aromatic carbocycles. The highest BCUT2D eigenvalue weighted by Gasteiger charge is 2.19. The van der Waals surface area contributed by atoms with Gasteiger partial charge in [0.05, 0.1) is 35.3 Å². The Kier molecular flexibility index (Phi) is 4.82. The van der Waals surface area contributed by atoms with Gasteiger partial charge in [-0.1, -0.05) is 29.5 Å². The molecule has 0 saturated carbocycles. The largest absolute Gasteiger partial charge is 0.504 e. The molecule has 1 amide bonds. The van der Waals surface area contributed by atoms with E-state index in [1.54, 1.807) is 17.4 Å². The first-order chi connectivity index (χ1) is 14.7. The number of amides is 1. The van der Waals surface area contributed by atoms with Crippen LogP contribution >= 0.6 is 11.3 Å². The van der Waals surface area contributed by atoms with Crippen LogP contribution in [0.15, 0.2) is 54.7 Å². The van der Waals surface area contributed by atoms with Gasteiger partial charge >= 0.3 is 0 Å². The minimum Gasteiger partial charge on any atom is -0.504 e. The van der Waals surface area contributed by atoms with E-state index in [1.807, 2.05) is 42.5 Å². The lowest BCUT2D eigenvalue weighted by Gasteiger charge is -2.25. The number of aromatic nitrogens is 3. The van der Waals surface area contributed by atoms with Crippen LogP contribution in [0.2, 0.25) is 0 Å². The summed E-state index contributed by atoms with van der Waals surface area (Å²) in [6.07, 6.45) is 1.42. The van der Waals surface area contributed by atoms with Crippen LogP contribution in [0.4, 0.5) is 10.8 Å². The van der Waals surface area contributed by atoms with E-state index in [0.717, 1.165) is 34.1 Å². The van der Waals surface area contributed by atoms with E-state index in [1.165, 1.54) is 10.9 Å². The molecule has 0 spiro atoms. The lowest BCUT2D eigenvalue weighted by atomic mass is 10.3. The zero-order chi connectivity index (χ0) is 20.5. The molecule has 3 heterocycles. The minimum atomic E-state index is -0.473. The highest BCUT2D eigenvalue weighted by Crippen LogP contribution is 2.31. The van der Waals surface area contributed by atoms with E-state index < -0.39 is 5.91 Å². The zero-order valence-corrected chi connectivity index (χ0v) is 16.8. The Balaban J connectivity index is 1.36. The summed E-state index contributed by atoms with van der Waals surface area (Å²) in [5, 5.41) is 18.2. The molecule has 1 fully saturated rings. The smallest absolute Gasteiger partial charge is 0.280 e. The number of hydrogen-bond acceptors (Lipinski definition) is 7. The highest BCUT2D eigenvalue weighted by atomic mass is 32.1. The summed E-state index contributed by atoms with van der Waals surface area (Å²) in [5.41, 5.74) is 2.24. The van der Waals surface area contributed by atoms with Crippen molar-refractivity contribution in [2.24, 2.45) is 0 Å². The summed E-state index contributed by atoms with van der Waals surface area (Å²) in [6, 6.07) is 14.9. The molecule has 9 heteroatoms. The number of ether oxygens (including phenoxy) is 1. The fourth-order valence-corrected chi connectivity index (χ4v) is 4.37. The van der Waals surface area contributed by atoms with Crippen LogP contribution in [-0.2, 0) is 4.74 Å². The van der Waals surface area contributed by atoms with Crippen LogP contribution in [0.25, 0.3) is 15.9 Å². The van der Waals surface area contributed by atoms with Crippen molar-refractivity contribution >= 4 is 38.3 Å². The minimum absolute atomic E-state index is 0.0303. The normalized spacial score (nSPS) is 14.2. The van der Waals surface area contributed by atoms with E-state index >= 15 is 0 Å². The number of para-hydroxylation sites is 1. The molecule has 0 radical (unpaired) electrons. The summed E-state index contributed by atoms with van der Waals surface area (Å²) in [4.78, 5) is 19.6. The molecule has 1 aliphatic rings. The number of nitrogens with one attached hydrogen (secondary N) is 1. The van der Waals surface area contributed by atoms with E-state index in [0.29, 0.717) is 18.9 Å². The highest BCUT2D eigenvalue weighted by molar-refractivity contribution is 7.22. The van der Waals surface area contributed by atoms with Crippen molar-refractivity contribution in [3.63, 3.8) is 0 Å². The Labute approximate surface area is 176 Å². The molecule has 2 aromatic heterocycles. The van der Waals surface area contributed by atoms with Gasteiger partial charge in [0.2, 0.25) is 0 Å². The summed E-state index contributed by atoms with van der Waals surface area (Å²) >= 11 is 1.58. The lowest BCUT2D eigenvalue weighted by Crippen LogP contribution is -2.36. The number of fused-ring (bicyclic) bond motifs is 1. The molecule has 0 unspecified atom stereocenters. The first-order valence-electron chi connectivity index (χ1n) is 9.56. The van der Waals surface area contributed by atoms with Gasteiger partial charge in [0.25, 0.3) is 5.91 Å². The second-order valence-electron chi connectivity index (χ2n) is 6.88. The number of benzene rings is 2. The van der Waals surface area contributed by atoms with Crippen LogP contribution in [0, 0.1) is 0 Å². The number of anilines is 2. The Morgan fingerprint density at radius 2 is 1.93 bits per heavy atom. The molecule has 0 bridgehead atoms. The maximum absolute atomic E-state index is 12.7. The summed E-state index contributed by atoms with van der Waals surface area (Å²) < 4.78 is 7.86. The van der Waals surface area contributed by atoms with Gasteiger partial charge < -0.3 is 20.1 Å². The van der Waals surface area contributed by atoms with Gasteiger partial charge in [-0.25, -0.2) is 9.67 Å². The average Bonchev–Trinajstić information content (AvgIpc) is 3.38. The zero-order valence-electron chi connectivity index (χ0n) is 16.0. The maximum atomic E-state index is 12.7. The van der Waals surface area contributed by atoms with Crippen molar-refractivity contribution in [3.05, 3.63) is 60.4 Å². The molecule has 152 valence electrons. The summed E-state index contributed by atoms with van der Waals surface area (Å²) in [7, 11) is 0. The van der Waals surface area contributed by atoms with Crippen LogP contribution in [0.3, 0.4) is 0 Å². The van der Waals surface area contributed by atoms with Crippen molar-refractivity contribution in [1.82, 2.24) is 14.8 Å². The molecule has 2 N–H and O–H groups in total. The molecule has 0 aliphatic carbocycles. The van der Waals surface area contributed by atoms with Gasteiger partial charge in [0, 0.05) is 18.8 Å². The van der Waals surface area contributed by atoms with Crippen LogP contribution in [0.1, 0.15) is 10.5 Å². The van der Waals surface area contributed by atoms with Crippen molar-refractivity contribution in [1.29, 1.82) is 0 Å². The first kappa shape index (κ1) is 18.6. The van der Waals surface area contributed by atoms with Crippen molar-refractivity contribution in [3.8, 4) is 11.4 Å². The second kappa shape index (κ2) is 7.77. The number of carbonyl (C=O) groups excluding carboxylic acids is 1. The maximum Gasteiger partial charge on any atom is 0.280 e. The molecule has 1 saturated heterocycles. The number of aromatic hydroxyl groups is 1. The fraction of sp³-hybridized carbons (Fsp3) is 0.190. The van der Waals surface area contributed by atoms with E-state index in [2.05, 4.69) is 20.3 Å². The summed E-state index contributed by atoms with van der Waals surface area (Å²) in [6.45, 7) is 3.06. The van der Waals surface area contributed by atoms with E-state index in [-0.39, 0.29) is 11.4 Å². The van der Waals surface area contributed by atoms with E-state index in [4.69, 9.17) is 4.74 Å². The van der Waals surface area contributed by atoms with Crippen molar-refractivity contribution < 1.29 is 14.6 Å². The standard InChI is InChI=1S/C21H19N5O3S/c27-17-13-26(15-4-2-1-3-5-15)24-19(17)20(28)22-14-6-7-16-18(12-14)30-21(23-16)25-8-10-29-11-9-25/h1-7,12-13,27H,8-11H2,(H,22,28). The fourth-order valence-electron chi connectivity index (χ4n) is 3.31. The van der Waals surface area contributed by atoms with Crippen molar-refractivity contribution in [2.45, 2.75) is 0 Å². The molecule has 1 aliphatic heterocycles. The Morgan fingerprint density at radius 3 is 2.73 bits per heavy atom.